The van der Waals surface area contributed by atoms with Crippen molar-refractivity contribution in [2.24, 2.45) is 5.73 Å². The van der Waals surface area contributed by atoms with Crippen molar-refractivity contribution in [2.75, 3.05) is 0 Å². The van der Waals surface area contributed by atoms with Crippen LogP contribution in [0.3, 0.4) is 0 Å². The molecule has 0 bridgehead atoms. The molecule has 1 atom stereocenters. The average molecular weight is 406 g/mol. The molecule has 0 aromatic heterocycles. The fraction of sp³-hybridized carbons (Fsp3) is 0.731. The van der Waals surface area contributed by atoms with Gasteiger partial charge < -0.3 is 10.8 Å². The molecule has 3 N–H and O–H groups in total. The Balaban J connectivity index is 0.000000807. The number of benzene rings is 1. The van der Waals surface area contributed by atoms with Gasteiger partial charge in [-0.1, -0.05) is 132 Å². The maximum absolute atomic E-state index is 10.6. The molecule has 1 aromatic carbocycles. The first kappa shape index (κ1) is 27.6. The largest absolute Gasteiger partial charge is 0.383 e. The Morgan fingerprint density at radius 1 is 0.793 bits per heavy atom. The number of carbonyl (C=O) groups is 1. The summed E-state index contributed by atoms with van der Waals surface area (Å²) < 4.78 is 0. The molecule has 1 rings (SSSR count). The van der Waals surface area contributed by atoms with Crippen LogP contribution >= 0.6 is 0 Å². The van der Waals surface area contributed by atoms with Crippen LogP contribution in [-0.2, 0) is 4.79 Å². The van der Waals surface area contributed by atoms with Gasteiger partial charge in [-0.15, -0.1) is 0 Å². The molecule has 0 saturated heterocycles. The summed E-state index contributed by atoms with van der Waals surface area (Å²) in [6, 6.07) is 8.45. The van der Waals surface area contributed by atoms with E-state index in [9.17, 15) is 9.90 Å². The zero-order valence-corrected chi connectivity index (χ0v) is 19.4. The monoisotopic (exact) mass is 405 g/mol. The highest BCUT2D eigenvalue weighted by atomic mass is 16.3. The van der Waals surface area contributed by atoms with Gasteiger partial charge in [-0.2, -0.15) is 0 Å². The summed E-state index contributed by atoms with van der Waals surface area (Å²) >= 11 is 0. The number of nitrogens with two attached hydrogens (primary N) is 1. The summed E-state index contributed by atoms with van der Waals surface area (Å²) in [5.41, 5.74) is 7.68. The van der Waals surface area contributed by atoms with Crippen molar-refractivity contribution >= 4 is 5.91 Å². The second-order valence-electron chi connectivity index (χ2n) is 8.46. The fourth-order valence-electron chi connectivity index (χ4n) is 3.48. The second kappa shape index (κ2) is 19.9. The van der Waals surface area contributed by atoms with E-state index in [4.69, 9.17) is 5.73 Å². The number of carbonyl (C=O) groups excluding carboxylic acids is 1. The molecule has 3 nitrogen and oxygen atoms in total. The molecule has 1 unspecified atom stereocenters. The molecule has 0 heterocycles. The Labute approximate surface area is 180 Å². The van der Waals surface area contributed by atoms with Gasteiger partial charge >= 0.3 is 0 Å². The smallest absolute Gasteiger partial charge is 0.246 e. The standard InChI is InChI=1S/C18H37NO2.C8H10/c1-2-3-4-5-6-7-8-9-10-11-12-13-14-15-16-17(20)18(19)21;1-7-4-3-5-8(2)6-7/h17,20H,2-16H2,1H3,(H2,19,21);3-6H,1-2H3. The number of rotatable bonds is 16. The van der Waals surface area contributed by atoms with E-state index in [-0.39, 0.29) is 0 Å². The van der Waals surface area contributed by atoms with E-state index in [1.165, 1.54) is 88.2 Å². The van der Waals surface area contributed by atoms with Crippen LogP contribution in [-0.4, -0.2) is 17.1 Å². The maximum atomic E-state index is 10.6. The van der Waals surface area contributed by atoms with E-state index in [0.717, 1.165) is 12.8 Å². The van der Waals surface area contributed by atoms with Gasteiger partial charge in [0.05, 0.1) is 0 Å². The van der Waals surface area contributed by atoms with E-state index < -0.39 is 12.0 Å². The van der Waals surface area contributed by atoms with Gasteiger partial charge in [-0.05, 0) is 20.3 Å². The van der Waals surface area contributed by atoms with E-state index >= 15 is 0 Å². The minimum absolute atomic E-state index is 0.521. The molecule has 29 heavy (non-hydrogen) atoms. The molecule has 3 heteroatoms. The third-order valence-electron chi connectivity index (χ3n) is 5.33. The topological polar surface area (TPSA) is 63.3 Å². The number of primary amides is 1. The summed E-state index contributed by atoms with van der Waals surface area (Å²) in [6.07, 6.45) is 17.9. The predicted octanol–water partition coefficient (Wildman–Crippen LogP) is 7.01. The number of hydrogen-bond acceptors (Lipinski definition) is 2. The van der Waals surface area contributed by atoms with E-state index in [1.54, 1.807) is 0 Å². The molecule has 0 saturated carbocycles. The Kier molecular flexibility index (Phi) is 19.0. The van der Waals surface area contributed by atoms with Gasteiger partial charge in [0.1, 0.15) is 6.10 Å². The highest BCUT2D eigenvalue weighted by Crippen LogP contribution is 2.13. The Hall–Kier alpha value is -1.35. The quantitative estimate of drug-likeness (QED) is 0.291. The summed E-state index contributed by atoms with van der Waals surface area (Å²) in [7, 11) is 0. The van der Waals surface area contributed by atoms with Crippen molar-refractivity contribution in [2.45, 2.75) is 123 Å². The zero-order chi connectivity index (χ0) is 21.7. The summed E-state index contributed by atoms with van der Waals surface area (Å²) in [6.45, 7) is 6.47. The van der Waals surface area contributed by atoms with Gasteiger partial charge in [-0.3, -0.25) is 4.79 Å². The Morgan fingerprint density at radius 2 is 1.17 bits per heavy atom. The van der Waals surface area contributed by atoms with Gasteiger partial charge in [0, 0.05) is 0 Å². The molecule has 0 aliphatic heterocycles. The lowest BCUT2D eigenvalue weighted by Crippen LogP contribution is -2.27. The number of aryl methyl sites for hydroxylation is 2. The first-order valence-electron chi connectivity index (χ1n) is 12.0. The lowest BCUT2D eigenvalue weighted by Gasteiger charge is -2.06. The number of hydrogen-bond donors (Lipinski definition) is 2. The third-order valence-corrected chi connectivity index (χ3v) is 5.33. The lowest BCUT2D eigenvalue weighted by atomic mass is 10.0. The van der Waals surface area contributed by atoms with Crippen LogP contribution < -0.4 is 5.73 Å². The minimum atomic E-state index is -0.942. The number of aliphatic hydroxyl groups excluding tert-OH is 1. The first-order chi connectivity index (χ1) is 14.0. The predicted molar refractivity (Wildman–Crippen MR) is 126 cm³/mol. The van der Waals surface area contributed by atoms with Crippen LogP contribution in [0.25, 0.3) is 0 Å². The molecule has 0 aliphatic rings. The van der Waals surface area contributed by atoms with Crippen LogP contribution in [0.15, 0.2) is 24.3 Å². The Morgan fingerprint density at radius 3 is 1.48 bits per heavy atom. The highest BCUT2D eigenvalue weighted by molar-refractivity contribution is 5.78. The van der Waals surface area contributed by atoms with Crippen molar-refractivity contribution in [3.8, 4) is 0 Å². The van der Waals surface area contributed by atoms with E-state index in [1.807, 2.05) is 0 Å². The van der Waals surface area contributed by atoms with Gasteiger partial charge in [0.25, 0.3) is 0 Å². The van der Waals surface area contributed by atoms with Gasteiger partial charge in [-0.25, -0.2) is 0 Å². The van der Waals surface area contributed by atoms with Crippen LogP contribution in [0.1, 0.15) is 114 Å². The van der Waals surface area contributed by atoms with Crippen molar-refractivity contribution in [3.63, 3.8) is 0 Å². The summed E-state index contributed by atoms with van der Waals surface area (Å²) in [5, 5.41) is 9.24. The molecule has 0 aliphatic carbocycles. The summed E-state index contributed by atoms with van der Waals surface area (Å²) in [4.78, 5) is 10.6. The Bertz CT molecular complexity index is 484. The maximum Gasteiger partial charge on any atom is 0.246 e. The van der Waals surface area contributed by atoms with Gasteiger partial charge in [0.2, 0.25) is 5.91 Å². The molecule has 1 aromatic rings. The molecule has 0 fully saturated rings. The molecule has 0 spiro atoms. The highest BCUT2D eigenvalue weighted by Gasteiger charge is 2.09. The molecule has 168 valence electrons. The molecular formula is C26H47NO2. The second-order valence-corrected chi connectivity index (χ2v) is 8.46. The SMILES string of the molecule is CCCCCCCCCCCCCCCCC(O)C(N)=O.Cc1cccc(C)c1. The average Bonchev–Trinajstić information content (AvgIpc) is 2.68. The van der Waals surface area contributed by atoms with E-state index in [2.05, 4.69) is 45.0 Å². The van der Waals surface area contributed by atoms with Crippen LogP contribution in [0.2, 0.25) is 0 Å². The van der Waals surface area contributed by atoms with Crippen molar-refractivity contribution < 1.29 is 9.90 Å². The number of amides is 1. The zero-order valence-electron chi connectivity index (χ0n) is 19.4. The first-order valence-corrected chi connectivity index (χ1v) is 12.0. The van der Waals surface area contributed by atoms with E-state index in [0.29, 0.717) is 6.42 Å². The molecule has 1 amide bonds. The normalized spacial score (nSPS) is 11.6. The lowest BCUT2D eigenvalue weighted by molar-refractivity contribution is -0.126. The number of unbranched alkanes of at least 4 members (excludes halogenated alkanes) is 13. The minimum Gasteiger partial charge on any atom is -0.383 e. The molecular weight excluding hydrogens is 358 g/mol. The van der Waals surface area contributed by atoms with Crippen molar-refractivity contribution in [1.29, 1.82) is 0 Å². The van der Waals surface area contributed by atoms with Crippen molar-refractivity contribution in [1.82, 2.24) is 0 Å². The molecule has 0 radical (unpaired) electrons. The van der Waals surface area contributed by atoms with Crippen molar-refractivity contribution in [3.05, 3.63) is 35.4 Å². The van der Waals surface area contributed by atoms with Crippen LogP contribution in [0, 0.1) is 13.8 Å². The fourth-order valence-corrected chi connectivity index (χ4v) is 3.48. The van der Waals surface area contributed by atoms with Gasteiger partial charge in [0.15, 0.2) is 0 Å². The third kappa shape index (κ3) is 19.7. The number of aliphatic hydroxyl groups is 1. The van der Waals surface area contributed by atoms with Crippen LogP contribution in [0.4, 0.5) is 0 Å². The summed E-state index contributed by atoms with van der Waals surface area (Å²) in [5.74, 6) is -0.593. The van der Waals surface area contributed by atoms with Crippen LogP contribution in [0.5, 0.6) is 0 Å².